The molecule has 0 radical (unpaired) electrons. The van der Waals surface area contributed by atoms with Gasteiger partial charge >= 0.3 is 0 Å². The first-order valence-electron chi connectivity index (χ1n) is 10.2. The van der Waals surface area contributed by atoms with E-state index in [0.29, 0.717) is 24.6 Å². The van der Waals surface area contributed by atoms with Gasteiger partial charge in [0.15, 0.2) is 17.5 Å². The van der Waals surface area contributed by atoms with Crippen molar-refractivity contribution in [2.75, 3.05) is 33.4 Å². The monoisotopic (exact) mass is 415 g/mol. The van der Waals surface area contributed by atoms with Crippen LogP contribution in [-0.4, -0.2) is 50.6 Å². The summed E-state index contributed by atoms with van der Waals surface area (Å²) in [4.78, 5) is 4.65. The van der Waals surface area contributed by atoms with Crippen LogP contribution in [0.15, 0.2) is 47.5 Å². The van der Waals surface area contributed by atoms with Crippen molar-refractivity contribution in [1.82, 2.24) is 10.6 Å². The van der Waals surface area contributed by atoms with Crippen LogP contribution < -0.4 is 24.8 Å². The molecule has 0 spiro atoms. The van der Waals surface area contributed by atoms with E-state index >= 15 is 0 Å². The SMILES string of the molecule is CCNC(=NCc1ccc(OCCO)c(OC)c1)NCC(C)Oc1cccc(C)c1. The van der Waals surface area contributed by atoms with Crippen molar-refractivity contribution in [3.05, 3.63) is 53.6 Å². The van der Waals surface area contributed by atoms with Gasteiger partial charge in [-0.25, -0.2) is 4.99 Å². The summed E-state index contributed by atoms with van der Waals surface area (Å²) in [5, 5.41) is 15.5. The van der Waals surface area contributed by atoms with E-state index in [2.05, 4.69) is 15.6 Å². The lowest BCUT2D eigenvalue weighted by Gasteiger charge is -2.18. The molecule has 164 valence electrons. The second-order valence-electron chi connectivity index (χ2n) is 6.88. The first-order valence-corrected chi connectivity index (χ1v) is 10.2. The van der Waals surface area contributed by atoms with E-state index in [1.165, 1.54) is 5.56 Å². The zero-order valence-corrected chi connectivity index (χ0v) is 18.3. The van der Waals surface area contributed by atoms with Crippen LogP contribution in [0, 0.1) is 6.92 Å². The average Bonchev–Trinajstić information content (AvgIpc) is 2.74. The van der Waals surface area contributed by atoms with Crippen LogP contribution in [0.25, 0.3) is 0 Å². The molecule has 1 atom stereocenters. The van der Waals surface area contributed by atoms with Gasteiger partial charge < -0.3 is 30.0 Å². The van der Waals surface area contributed by atoms with Crippen molar-refractivity contribution in [2.24, 2.45) is 4.99 Å². The van der Waals surface area contributed by atoms with Gasteiger partial charge in [-0.15, -0.1) is 0 Å². The largest absolute Gasteiger partial charge is 0.493 e. The third-order valence-electron chi connectivity index (χ3n) is 4.22. The Bertz CT molecular complexity index is 811. The molecule has 2 rings (SSSR count). The number of benzene rings is 2. The molecule has 0 heterocycles. The molecule has 7 heteroatoms. The lowest BCUT2D eigenvalue weighted by Crippen LogP contribution is -2.41. The third kappa shape index (κ3) is 7.83. The molecular weight excluding hydrogens is 382 g/mol. The zero-order chi connectivity index (χ0) is 21.8. The number of hydrogen-bond donors (Lipinski definition) is 3. The summed E-state index contributed by atoms with van der Waals surface area (Å²) < 4.78 is 16.8. The molecule has 2 aromatic carbocycles. The number of methoxy groups -OCH3 is 1. The van der Waals surface area contributed by atoms with Crippen LogP contribution in [0.3, 0.4) is 0 Å². The number of guanidine groups is 1. The first kappa shape index (κ1) is 23.3. The summed E-state index contributed by atoms with van der Waals surface area (Å²) in [5.41, 5.74) is 2.16. The number of nitrogens with zero attached hydrogens (tertiary/aromatic N) is 1. The van der Waals surface area contributed by atoms with Gasteiger partial charge in [-0.05, 0) is 56.2 Å². The molecule has 0 bridgehead atoms. The second kappa shape index (κ2) is 12.6. The maximum atomic E-state index is 8.92. The fourth-order valence-electron chi connectivity index (χ4n) is 2.80. The quantitative estimate of drug-likeness (QED) is 0.387. The van der Waals surface area contributed by atoms with E-state index in [0.717, 1.165) is 23.8 Å². The summed E-state index contributed by atoms with van der Waals surface area (Å²) in [6, 6.07) is 13.7. The minimum atomic E-state index is -0.0427. The van der Waals surface area contributed by atoms with Gasteiger partial charge in [0.25, 0.3) is 0 Å². The van der Waals surface area contributed by atoms with Gasteiger partial charge in [0.2, 0.25) is 0 Å². The molecule has 0 saturated heterocycles. The predicted octanol–water partition coefficient (Wildman–Crippen LogP) is 2.90. The van der Waals surface area contributed by atoms with E-state index in [-0.39, 0.29) is 19.3 Å². The van der Waals surface area contributed by atoms with Crippen molar-refractivity contribution in [3.8, 4) is 17.2 Å². The fraction of sp³-hybridized carbons (Fsp3) is 0.435. The Morgan fingerprint density at radius 3 is 2.67 bits per heavy atom. The third-order valence-corrected chi connectivity index (χ3v) is 4.22. The number of aliphatic hydroxyl groups excluding tert-OH is 1. The Morgan fingerprint density at radius 1 is 1.13 bits per heavy atom. The minimum Gasteiger partial charge on any atom is -0.493 e. The maximum absolute atomic E-state index is 8.92. The Labute approximate surface area is 179 Å². The van der Waals surface area contributed by atoms with Crippen LogP contribution in [-0.2, 0) is 6.54 Å². The van der Waals surface area contributed by atoms with E-state index in [9.17, 15) is 0 Å². The molecule has 0 aliphatic rings. The van der Waals surface area contributed by atoms with Gasteiger partial charge in [-0.1, -0.05) is 18.2 Å². The topological polar surface area (TPSA) is 84.3 Å². The van der Waals surface area contributed by atoms with Crippen molar-refractivity contribution in [3.63, 3.8) is 0 Å². The first-order chi connectivity index (χ1) is 14.5. The molecule has 30 heavy (non-hydrogen) atoms. The molecule has 0 amide bonds. The lowest BCUT2D eigenvalue weighted by atomic mass is 10.2. The number of aliphatic hydroxyl groups is 1. The van der Waals surface area contributed by atoms with E-state index in [1.54, 1.807) is 7.11 Å². The molecule has 0 fully saturated rings. The molecule has 1 unspecified atom stereocenters. The van der Waals surface area contributed by atoms with Crippen LogP contribution in [0.2, 0.25) is 0 Å². The van der Waals surface area contributed by atoms with Gasteiger partial charge in [-0.2, -0.15) is 0 Å². The number of aryl methyl sites for hydroxylation is 1. The number of ether oxygens (including phenoxy) is 3. The maximum Gasteiger partial charge on any atom is 0.191 e. The summed E-state index contributed by atoms with van der Waals surface area (Å²) >= 11 is 0. The van der Waals surface area contributed by atoms with Crippen molar-refractivity contribution < 1.29 is 19.3 Å². The molecular formula is C23H33N3O4. The van der Waals surface area contributed by atoms with Crippen molar-refractivity contribution >= 4 is 5.96 Å². The molecule has 0 aromatic heterocycles. The lowest BCUT2D eigenvalue weighted by molar-refractivity contribution is 0.196. The highest BCUT2D eigenvalue weighted by Gasteiger charge is 2.08. The predicted molar refractivity (Wildman–Crippen MR) is 120 cm³/mol. The number of nitrogens with one attached hydrogen (secondary N) is 2. The molecule has 2 aromatic rings. The molecule has 0 aliphatic heterocycles. The molecule has 0 aliphatic carbocycles. The van der Waals surface area contributed by atoms with Gasteiger partial charge in [-0.3, -0.25) is 0 Å². The van der Waals surface area contributed by atoms with Crippen LogP contribution in [0.5, 0.6) is 17.2 Å². The Kier molecular flexibility index (Phi) is 9.80. The molecule has 7 nitrogen and oxygen atoms in total. The van der Waals surface area contributed by atoms with Gasteiger partial charge in [0, 0.05) is 6.54 Å². The van der Waals surface area contributed by atoms with Crippen LogP contribution >= 0.6 is 0 Å². The van der Waals surface area contributed by atoms with Gasteiger partial charge in [0.1, 0.15) is 18.5 Å². The summed E-state index contributed by atoms with van der Waals surface area (Å²) in [6.07, 6.45) is -0.0151. The number of aliphatic imine (C=N–C) groups is 1. The number of rotatable bonds is 11. The van der Waals surface area contributed by atoms with E-state index in [4.69, 9.17) is 19.3 Å². The normalized spacial score (nSPS) is 12.2. The highest BCUT2D eigenvalue weighted by Crippen LogP contribution is 2.28. The molecule has 0 saturated carbocycles. The fourth-order valence-corrected chi connectivity index (χ4v) is 2.80. The average molecular weight is 416 g/mol. The Morgan fingerprint density at radius 2 is 1.97 bits per heavy atom. The summed E-state index contributed by atoms with van der Waals surface area (Å²) in [7, 11) is 1.59. The summed E-state index contributed by atoms with van der Waals surface area (Å²) in [5.74, 6) is 2.80. The standard InChI is InChI=1S/C23H33N3O4/c1-5-24-23(25-15-18(3)30-20-8-6-7-17(2)13-20)26-16-19-9-10-21(29-12-11-27)22(14-19)28-4/h6-10,13-14,18,27H,5,11-12,15-16H2,1-4H3,(H2,24,25,26). The summed E-state index contributed by atoms with van der Waals surface area (Å²) in [6.45, 7) is 8.15. The van der Waals surface area contributed by atoms with Crippen LogP contribution in [0.1, 0.15) is 25.0 Å². The number of hydrogen-bond acceptors (Lipinski definition) is 5. The van der Waals surface area contributed by atoms with E-state index < -0.39 is 0 Å². The van der Waals surface area contributed by atoms with Crippen LogP contribution in [0.4, 0.5) is 0 Å². The van der Waals surface area contributed by atoms with Crippen molar-refractivity contribution in [1.29, 1.82) is 0 Å². The smallest absolute Gasteiger partial charge is 0.191 e. The zero-order valence-electron chi connectivity index (χ0n) is 18.3. The molecule has 3 N–H and O–H groups in total. The highest BCUT2D eigenvalue weighted by atomic mass is 16.5. The van der Waals surface area contributed by atoms with Crippen molar-refractivity contribution in [2.45, 2.75) is 33.4 Å². The Balaban J connectivity index is 1.94. The van der Waals surface area contributed by atoms with Gasteiger partial charge in [0.05, 0.1) is 26.8 Å². The minimum absolute atomic E-state index is 0.0151. The highest BCUT2D eigenvalue weighted by molar-refractivity contribution is 5.79. The second-order valence-corrected chi connectivity index (χ2v) is 6.88. The Hall–Kier alpha value is -2.93. The van der Waals surface area contributed by atoms with E-state index in [1.807, 2.05) is 63.2 Å².